The zero-order chi connectivity index (χ0) is 21.6. The molecule has 0 bridgehead atoms. The van der Waals surface area contributed by atoms with Crippen molar-refractivity contribution < 1.29 is 19.2 Å². The summed E-state index contributed by atoms with van der Waals surface area (Å²) in [4.78, 5) is 36.8. The van der Waals surface area contributed by atoms with Gasteiger partial charge in [-0.15, -0.1) is 0 Å². The van der Waals surface area contributed by atoms with Crippen LogP contribution in [0.1, 0.15) is 17.3 Å². The predicted octanol–water partition coefficient (Wildman–Crippen LogP) is 3.40. The maximum Gasteiger partial charge on any atom is 0.293 e. The molecule has 9 nitrogen and oxygen atoms in total. The highest BCUT2D eigenvalue weighted by atomic mass is 35.5. The number of rotatable bonds is 8. The van der Waals surface area contributed by atoms with Gasteiger partial charge >= 0.3 is 0 Å². The fraction of sp³-hybridized carbons (Fsp3) is 0.263. The Labute approximate surface area is 172 Å². The number of amides is 2. The summed E-state index contributed by atoms with van der Waals surface area (Å²) >= 11 is 5.94. The van der Waals surface area contributed by atoms with Crippen LogP contribution in [0, 0.1) is 10.1 Å². The van der Waals surface area contributed by atoms with Crippen LogP contribution in [-0.2, 0) is 4.79 Å². The molecule has 2 aromatic carbocycles. The van der Waals surface area contributed by atoms with E-state index in [4.69, 9.17) is 16.3 Å². The fourth-order valence-electron chi connectivity index (χ4n) is 2.63. The molecule has 0 aromatic heterocycles. The molecular weight excluding hydrogens is 400 g/mol. The van der Waals surface area contributed by atoms with Gasteiger partial charge in [-0.25, -0.2) is 0 Å². The molecule has 0 saturated heterocycles. The van der Waals surface area contributed by atoms with E-state index in [1.807, 2.05) is 6.92 Å². The van der Waals surface area contributed by atoms with Crippen molar-refractivity contribution in [3.8, 4) is 5.75 Å². The van der Waals surface area contributed by atoms with Gasteiger partial charge in [0.15, 0.2) is 0 Å². The standard InChI is InChI=1S/C19H21ClN4O5/c1-4-21-14-7-5-12(9-16(14)24(27)28)19(26)23(2)11-18(25)22-15-10-13(20)6-8-17(15)29-3/h5-10,21H,4,11H2,1-3H3,(H,22,25). The lowest BCUT2D eigenvalue weighted by atomic mass is 10.1. The van der Waals surface area contributed by atoms with Crippen LogP contribution in [0.2, 0.25) is 5.02 Å². The maximum absolute atomic E-state index is 12.6. The van der Waals surface area contributed by atoms with Crippen molar-refractivity contribution in [1.29, 1.82) is 0 Å². The van der Waals surface area contributed by atoms with Crippen LogP contribution in [0.4, 0.5) is 17.1 Å². The molecule has 0 radical (unpaired) electrons. The van der Waals surface area contributed by atoms with Gasteiger partial charge in [-0.05, 0) is 37.3 Å². The van der Waals surface area contributed by atoms with Crippen LogP contribution in [-0.4, -0.2) is 48.9 Å². The highest BCUT2D eigenvalue weighted by molar-refractivity contribution is 6.31. The minimum Gasteiger partial charge on any atom is -0.495 e. The summed E-state index contributed by atoms with van der Waals surface area (Å²) in [7, 11) is 2.89. The highest BCUT2D eigenvalue weighted by Crippen LogP contribution is 2.28. The molecule has 0 spiro atoms. The Morgan fingerprint density at radius 1 is 1.21 bits per heavy atom. The number of hydrogen-bond acceptors (Lipinski definition) is 6. The molecule has 2 amide bonds. The fourth-order valence-corrected chi connectivity index (χ4v) is 2.80. The Kier molecular flexibility index (Phi) is 7.38. The van der Waals surface area contributed by atoms with Gasteiger partial charge in [0, 0.05) is 30.2 Å². The molecule has 2 rings (SSSR count). The quantitative estimate of drug-likeness (QED) is 0.499. The SMILES string of the molecule is CCNc1ccc(C(=O)N(C)CC(=O)Nc2cc(Cl)ccc2OC)cc1[N+](=O)[O-]. The van der Waals surface area contributed by atoms with Gasteiger partial charge < -0.3 is 20.3 Å². The zero-order valence-corrected chi connectivity index (χ0v) is 16.9. The lowest BCUT2D eigenvalue weighted by molar-refractivity contribution is -0.384. The second kappa shape index (κ2) is 9.74. The molecule has 0 aliphatic carbocycles. The molecule has 2 aromatic rings. The van der Waals surface area contributed by atoms with Gasteiger partial charge in [0.2, 0.25) is 5.91 Å². The van der Waals surface area contributed by atoms with Crippen LogP contribution >= 0.6 is 11.6 Å². The van der Waals surface area contributed by atoms with Crippen LogP contribution in [0.15, 0.2) is 36.4 Å². The maximum atomic E-state index is 12.6. The van der Waals surface area contributed by atoms with Crippen molar-refractivity contribution >= 4 is 40.5 Å². The van der Waals surface area contributed by atoms with Crippen molar-refractivity contribution in [3.63, 3.8) is 0 Å². The number of nitrogens with one attached hydrogen (secondary N) is 2. The second-order valence-electron chi connectivity index (χ2n) is 6.07. The Morgan fingerprint density at radius 2 is 1.93 bits per heavy atom. The lowest BCUT2D eigenvalue weighted by Gasteiger charge is -2.18. The van der Waals surface area contributed by atoms with Crippen LogP contribution < -0.4 is 15.4 Å². The third-order valence-electron chi connectivity index (χ3n) is 3.97. The average Bonchev–Trinajstić information content (AvgIpc) is 2.67. The number of hydrogen-bond donors (Lipinski definition) is 2. The smallest absolute Gasteiger partial charge is 0.293 e. The van der Waals surface area contributed by atoms with Crippen molar-refractivity contribution in [3.05, 3.63) is 57.1 Å². The first kappa shape index (κ1) is 22.0. The summed E-state index contributed by atoms with van der Waals surface area (Å²) in [6.45, 7) is 2.04. The molecule has 0 saturated carbocycles. The first-order valence-electron chi connectivity index (χ1n) is 8.68. The van der Waals surface area contributed by atoms with Crippen molar-refractivity contribution in [2.45, 2.75) is 6.92 Å². The third-order valence-corrected chi connectivity index (χ3v) is 4.21. The first-order chi connectivity index (χ1) is 13.8. The number of benzene rings is 2. The number of methoxy groups -OCH3 is 1. The van der Waals surface area contributed by atoms with Crippen LogP contribution in [0.5, 0.6) is 5.75 Å². The van der Waals surface area contributed by atoms with Gasteiger partial charge in [0.1, 0.15) is 11.4 Å². The van der Waals surface area contributed by atoms with Gasteiger partial charge in [-0.3, -0.25) is 19.7 Å². The van der Waals surface area contributed by atoms with E-state index in [0.29, 0.717) is 28.7 Å². The molecular formula is C19H21ClN4O5. The van der Waals surface area contributed by atoms with E-state index in [-0.39, 0.29) is 17.8 Å². The summed E-state index contributed by atoms with van der Waals surface area (Å²) in [5.74, 6) is -0.573. The normalized spacial score (nSPS) is 10.2. The number of ether oxygens (including phenoxy) is 1. The summed E-state index contributed by atoms with van der Waals surface area (Å²) in [6, 6.07) is 8.90. The van der Waals surface area contributed by atoms with E-state index in [1.165, 1.54) is 43.3 Å². The topological polar surface area (TPSA) is 114 Å². The molecule has 0 unspecified atom stereocenters. The summed E-state index contributed by atoms with van der Waals surface area (Å²) < 4.78 is 5.17. The monoisotopic (exact) mass is 420 g/mol. The van der Waals surface area contributed by atoms with E-state index in [1.54, 1.807) is 12.1 Å². The van der Waals surface area contributed by atoms with Gasteiger partial charge in [-0.1, -0.05) is 11.6 Å². The van der Waals surface area contributed by atoms with Crippen LogP contribution in [0.25, 0.3) is 0 Å². The minimum absolute atomic E-state index is 0.106. The van der Waals surface area contributed by atoms with E-state index >= 15 is 0 Å². The van der Waals surface area contributed by atoms with Crippen molar-refractivity contribution in [2.75, 3.05) is 37.9 Å². The first-order valence-corrected chi connectivity index (χ1v) is 9.05. The van der Waals surface area contributed by atoms with Gasteiger partial charge in [0.25, 0.3) is 11.6 Å². The van der Waals surface area contributed by atoms with Crippen LogP contribution in [0.3, 0.4) is 0 Å². The Bertz CT molecular complexity index is 935. The highest BCUT2D eigenvalue weighted by Gasteiger charge is 2.21. The van der Waals surface area contributed by atoms with Gasteiger partial charge in [-0.2, -0.15) is 0 Å². The predicted molar refractivity (Wildman–Crippen MR) is 111 cm³/mol. The molecule has 0 aliphatic heterocycles. The second-order valence-corrected chi connectivity index (χ2v) is 6.51. The molecule has 0 aliphatic rings. The molecule has 29 heavy (non-hydrogen) atoms. The Balaban J connectivity index is 2.12. The number of nitro groups is 1. The summed E-state index contributed by atoms with van der Waals surface area (Å²) in [5.41, 5.74) is 0.590. The lowest BCUT2D eigenvalue weighted by Crippen LogP contribution is -2.35. The van der Waals surface area contributed by atoms with Crippen molar-refractivity contribution in [2.24, 2.45) is 0 Å². The van der Waals surface area contributed by atoms with Gasteiger partial charge in [0.05, 0.1) is 24.3 Å². The zero-order valence-electron chi connectivity index (χ0n) is 16.2. The Morgan fingerprint density at radius 3 is 2.55 bits per heavy atom. The van der Waals surface area contributed by atoms with E-state index in [2.05, 4.69) is 10.6 Å². The van der Waals surface area contributed by atoms with E-state index < -0.39 is 16.7 Å². The average molecular weight is 421 g/mol. The van der Waals surface area contributed by atoms with E-state index in [9.17, 15) is 19.7 Å². The number of carbonyl (C=O) groups excluding carboxylic acids is 2. The molecule has 0 atom stereocenters. The largest absolute Gasteiger partial charge is 0.495 e. The molecule has 0 fully saturated rings. The number of halogens is 1. The van der Waals surface area contributed by atoms with Crippen molar-refractivity contribution in [1.82, 2.24) is 4.90 Å². The summed E-state index contributed by atoms with van der Waals surface area (Å²) in [5, 5.41) is 17.2. The number of carbonyl (C=O) groups is 2. The summed E-state index contributed by atoms with van der Waals surface area (Å²) in [6.07, 6.45) is 0. The number of nitrogens with zero attached hydrogens (tertiary/aromatic N) is 2. The van der Waals surface area contributed by atoms with E-state index in [0.717, 1.165) is 0 Å². The minimum atomic E-state index is -0.563. The molecule has 154 valence electrons. The molecule has 2 N–H and O–H groups in total. The number of likely N-dealkylation sites (N-methyl/N-ethyl adjacent to an activating group) is 1. The molecule has 10 heteroatoms. The third kappa shape index (κ3) is 5.58. The number of anilines is 2. The molecule has 0 heterocycles. The Hall–Kier alpha value is -3.33. The number of nitro benzene ring substituents is 1.